The quantitative estimate of drug-likeness (QED) is 0.426. The first-order valence-electron chi connectivity index (χ1n) is 9.05. The average molecular weight is 498 g/mol. The van der Waals surface area contributed by atoms with Crippen LogP contribution in [0.2, 0.25) is 0 Å². The van der Waals surface area contributed by atoms with Crippen LogP contribution in [0.4, 0.5) is 0 Å². The third kappa shape index (κ3) is 4.26. The molecule has 0 saturated heterocycles. The number of nitrogens with zero attached hydrogens (tertiary/aromatic N) is 2. The van der Waals surface area contributed by atoms with Gasteiger partial charge in [-0.15, -0.1) is 0 Å². The molecule has 1 amide bonds. The number of carbonyl (C=O) groups excluding carboxylic acids is 1. The van der Waals surface area contributed by atoms with E-state index in [1.807, 2.05) is 66.7 Å². The van der Waals surface area contributed by atoms with E-state index in [0.29, 0.717) is 12.8 Å². The molecular formula is C23H18Br2N2O. The van der Waals surface area contributed by atoms with E-state index in [2.05, 4.69) is 44.0 Å². The van der Waals surface area contributed by atoms with E-state index < -0.39 is 0 Å². The number of amides is 1. The van der Waals surface area contributed by atoms with Crippen LogP contribution in [0.3, 0.4) is 0 Å². The number of hydrogen-bond donors (Lipinski definition) is 0. The molecular weight excluding hydrogens is 480 g/mol. The van der Waals surface area contributed by atoms with Crippen LogP contribution in [0, 0.1) is 0 Å². The van der Waals surface area contributed by atoms with Gasteiger partial charge in [-0.3, -0.25) is 4.79 Å². The predicted molar refractivity (Wildman–Crippen MR) is 119 cm³/mol. The highest BCUT2D eigenvalue weighted by molar-refractivity contribution is 9.10. The molecule has 0 fully saturated rings. The lowest BCUT2D eigenvalue weighted by atomic mass is 9.98. The van der Waals surface area contributed by atoms with Crippen LogP contribution >= 0.6 is 31.9 Å². The van der Waals surface area contributed by atoms with Crippen LogP contribution in [0.1, 0.15) is 29.2 Å². The van der Waals surface area contributed by atoms with Crippen LogP contribution in [-0.2, 0) is 11.2 Å². The Bertz CT molecular complexity index is 999. The van der Waals surface area contributed by atoms with Crippen molar-refractivity contribution in [1.82, 2.24) is 5.01 Å². The molecule has 0 saturated carbocycles. The standard InChI is InChI=1S/C23H18Br2N2O/c24-19-10-6-17(7-11-19)21-15-22(18-8-12-20(25)13-9-18)27(26-21)23(28)14-16-4-2-1-3-5-16/h1-13,22H,14-15H2/t22-/m1/s1. The summed E-state index contributed by atoms with van der Waals surface area (Å²) in [5, 5.41) is 6.40. The summed E-state index contributed by atoms with van der Waals surface area (Å²) in [6.07, 6.45) is 1.04. The van der Waals surface area contributed by atoms with Gasteiger partial charge in [0.05, 0.1) is 18.2 Å². The molecule has 0 aromatic heterocycles. The SMILES string of the molecule is O=C(Cc1ccccc1)N1N=C(c2ccc(Br)cc2)C[C@@H]1c1ccc(Br)cc1. The molecule has 3 nitrogen and oxygen atoms in total. The fourth-order valence-electron chi connectivity index (χ4n) is 3.35. The zero-order chi connectivity index (χ0) is 19.5. The molecule has 0 radical (unpaired) electrons. The molecule has 0 aliphatic carbocycles. The second kappa shape index (κ2) is 8.41. The first-order valence-corrected chi connectivity index (χ1v) is 10.6. The zero-order valence-corrected chi connectivity index (χ0v) is 18.2. The highest BCUT2D eigenvalue weighted by Gasteiger charge is 2.32. The van der Waals surface area contributed by atoms with Gasteiger partial charge in [0.15, 0.2) is 0 Å². The van der Waals surface area contributed by atoms with Crippen LogP contribution < -0.4 is 0 Å². The molecule has 0 bridgehead atoms. The summed E-state index contributed by atoms with van der Waals surface area (Å²) in [7, 11) is 0. The van der Waals surface area contributed by atoms with E-state index in [1.54, 1.807) is 5.01 Å². The van der Waals surface area contributed by atoms with Gasteiger partial charge in [-0.1, -0.05) is 86.5 Å². The molecule has 4 rings (SSSR count). The molecule has 28 heavy (non-hydrogen) atoms. The van der Waals surface area contributed by atoms with Crippen molar-refractivity contribution in [2.45, 2.75) is 18.9 Å². The molecule has 1 atom stereocenters. The fourth-order valence-corrected chi connectivity index (χ4v) is 3.88. The maximum Gasteiger partial charge on any atom is 0.247 e. The van der Waals surface area contributed by atoms with Crippen molar-refractivity contribution in [3.8, 4) is 0 Å². The van der Waals surface area contributed by atoms with Crippen LogP contribution in [0.5, 0.6) is 0 Å². The monoisotopic (exact) mass is 496 g/mol. The number of carbonyl (C=O) groups is 1. The van der Waals surface area contributed by atoms with Gasteiger partial charge in [0, 0.05) is 15.4 Å². The average Bonchev–Trinajstić information content (AvgIpc) is 3.15. The van der Waals surface area contributed by atoms with Crippen molar-refractivity contribution < 1.29 is 4.79 Å². The van der Waals surface area contributed by atoms with Gasteiger partial charge >= 0.3 is 0 Å². The predicted octanol–water partition coefficient (Wildman–Crippen LogP) is 6.13. The molecule has 140 valence electrons. The lowest BCUT2D eigenvalue weighted by molar-refractivity contribution is -0.132. The van der Waals surface area contributed by atoms with Crippen molar-refractivity contribution >= 4 is 43.5 Å². The second-order valence-electron chi connectivity index (χ2n) is 6.73. The van der Waals surface area contributed by atoms with Gasteiger partial charge in [-0.2, -0.15) is 5.10 Å². The van der Waals surface area contributed by atoms with E-state index in [9.17, 15) is 4.79 Å². The molecule has 5 heteroatoms. The van der Waals surface area contributed by atoms with Crippen molar-refractivity contribution in [2.24, 2.45) is 5.10 Å². The van der Waals surface area contributed by atoms with Crippen LogP contribution in [0.15, 0.2) is 92.9 Å². The number of benzene rings is 3. The number of rotatable bonds is 4. The van der Waals surface area contributed by atoms with Gasteiger partial charge in [0.1, 0.15) is 0 Å². The molecule has 0 spiro atoms. The summed E-state index contributed by atoms with van der Waals surface area (Å²) in [6.45, 7) is 0. The number of hydrazone groups is 1. The van der Waals surface area contributed by atoms with Gasteiger partial charge in [0.25, 0.3) is 0 Å². The Morgan fingerprint density at radius 2 is 1.50 bits per heavy atom. The van der Waals surface area contributed by atoms with Crippen LogP contribution in [-0.4, -0.2) is 16.6 Å². The first-order chi connectivity index (χ1) is 13.6. The van der Waals surface area contributed by atoms with E-state index >= 15 is 0 Å². The normalized spacial score (nSPS) is 16.1. The van der Waals surface area contributed by atoms with Crippen molar-refractivity contribution in [1.29, 1.82) is 0 Å². The maximum absolute atomic E-state index is 13.1. The van der Waals surface area contributed by atoms with E-state index in [0.717, 1.165) is 31.3 Å². The Morgan fingerprint density at radius 1 is 0.893 bits per heavy atom. The largest absolute Gasteiger partial charge is 0.273 e. The summed E-state index contributed by atoms with van der Waals surface area (Å²) in [4.78, 5) is 13.1. The Hall–Kier alpha value is -2.24. The molecule has 0 unspecified atom stereocenters. The Balaban J connectivity index is 1.65. The topological polar surface area (TPSA) is 32.7 Å². The summed E-state index contributed by atoms with van der Waals surface area (Å²) >= 11 is 6.96. The molecule has 3 aromatic carbocycles. The summed E-state index contributed by atoms with van der Waals surface area (Å²) < 4.78 is 2.04. The Labute approximate surface area is 181 Å². The molecule has 1 aliphatic heterocycles. The Morgan fingerprint density at radius 3 is 2.14 bits per heavy atom. The lowest BCUT2D eigenvalue weighted by Crippen LogP contribution is -2.28. The van der Waals surface area contributed by atoms with Gasteiger partial charge in [-0.25, -0.2) is 5.01 Å². The first kappa shape index (κ1) is 19.1. The minimum Gasteiger partial charge on any atom is -0.273 e. The molecule has 3 aromatic rings. The van der Waals surface area contributed by atoms with Crippen molar-refractivity contribution in [3.05, 3.63) is 104 Å². The lowest BCUT2D eigenvalue weighted by Gasteiger charge is -2.22. The fraction of sp³-hybridized carbons (Fsp3) is 0.130. The van der Waals surface area contributed by atoms with E-state index in [-0.39, 0.29) is 11.9 Å². The summed E-state index contributed by atoms with van der Waals surface area (Å²) in [5.41, 5.74) is 4.05. The zero-order valence-electron chi connectivity index (χ0n) is 15.1. The molecule has 0 N–H and O–H groups in total. The Kier molecular flexibility index (Phi) is 5.74. The highest BCUT2D eigenvalue weighted by atomic mass is 79.9. The highest BCUT2D eigenvalue weighted by Crippen LogP contribution is 2.34. The van der Waals surface area contributed by atoms with Gasteiger partial charge < -0.3 is 0 Å². The maximum atomic E-state index is 13.1. The van der Waals surface area contributed by atoms with E-state index in [4.69, 9.17) is 5.10 Å². The summed E-state index contributed by atoms with van der Waals surface area (Å²) in [6, 6.07) is 25.9. The second-order valence-corrected chi connectivity index (χ2v) is 8.56. The third-order valence-corrected chi connectivity index (χ3v) is 5.85. The smallest absolute Gasteiger partial charge is 0.247 e. The van der Waals surface area contributed by atoms with Crippen molar-refractivity contribution in [2.75, 3.05) is 0 Å². The molecule has 1 heterocycles. The van der Waals surface area contributed by atoms with E-state index in [1.165, 1.54) is 0 Å². The molecule has 1 aliphatic rings. The minimum atomic E-state index is -0.0945. The third-order valence-electron chi connectivity index (χ3n) is 4.80. The number of hydrogen-bond acceptors (Lipinski definition) is 2. The van der Waals surface area contributed by atoms with Gasteiger partial charge in [0.2, 0.25) is 5.91 Å². The van der Waals surface area contributed by atoms with Gasteiger partial charge in [-0.05, 0) is 41.0 Å². The van der Waals surface area contributed by atoms with Crippen LogP contribution in [0.25, 0.3) is 0 Å². The number of halogens is 2. The summed E-state index contributed by atoms with van der Waals surface area (Å²) in [5.74, 6) is 0.00577. The van der Waals surface area contributed by atoms with Crippen molar-refractivity contribution in [3.63, 3.8) is 0 Å². The minimum absolute atomic E-state index is 0.00577.